The molecule has 0 spiro atoms. The molecular weight excluding hydrogens is 681 g/mol. The van der Waals surface area contributed by atoms with Gasteiger partial charge in [-0.25, -0.2) is 13.2 Å². The molecule has 0 bridgehead atoms. The Morgan fingerprint density at radius 2 is 1.71 bits per heavy atom. The number of carbonyl (C=O) groups excluding carboxylic acids is 5. The fraction of sp³-hybridized carbons (Fsp3) is 0.788. The summed E-state index contributed by atoms with van der Waals surface area (Å²) >= 11 is 13.1. The average molecular weight is 733 g/mol. The van der Waals surface area contributed by atoms with Gasteiger partial charge in [-0.05, 0) is 37.5 Å². The number of unbranched alkanes of at least 4 members (excludes halogenated alkanes) is 1. The van der Waals surface area contributed by atoms with Crippen LogP contribution in [-0.2, 0) is 29.0 Å². The molecule has 2 aliphatic heterocycles. The highest BCUT2D eigenvalue weighted by molar-refractivity contribution is 7.92. The summed E-state index contributed by atoms with van der Waals surface area (Å²) in [6, 6.07) is -4.02. The maximum Gasteiger partial charge on any atom is 0.315 e. The van der Waals surface area contributed by atoms with Gasteiger partial charge in [0.15, 0.2) is 9.84 Å². The molecule has 12 nitrogen and oxygen atoms in total. The van der Waals surface area contributed by atoms with Gasteiger partial charge in [-0.1, -0.05) is 65.9 Å². The normalized spacial score (nSPS) is 27.9. The largest absolute Gasteiger partial charge is 0.346 e. The van der Waals surface area contributed by atoms with Crippen LogP contribution >= 0.6 is 23.2 Å². The van der Waals surface area contributed by atoms with Crippen molar-refractivity contribution >= 4 is 62.6 Å². The molecule has 0 aromatic heterocycles. The number of likely N-dealkylation sites (tertiary alicyclic amines) is 1. The number of urea groups is 1. The highest BCUT2D eigenvalue weighted by atomic mass is 35.5. The lowest BCUT2D eigenvalue weighted by molar-refractivity contribution is -0.144. The fourth-order valence-corrected chi connectivity index (χ4v) is 11.0. The van der Waals surface area contributed by atoms with Crippen LogP contribution in [0.5, 0.6) is 0 Å². The number of fused-ring (bicyclic) bond motifs is 1. The second kappa shape index (κ2) is 14.8. The highest BCUT2D eigenvalue weighted by Crippen LogP contribution is 2.65. The molecule has 4 N–H and O–H groups in total. The maximum absolute atomic E-state index is 14.4. The van der Waals surface area contributed by atoms with Crippen molar-refractivity contribution in [3.8, 4) is 0 Å². The lowest BCUT2D eigenvalue weighted by atomic mass is 9.78. The molecule has 4 fully saturated rings. The third-order valence-electron chi connectivity index (χ3n) is 10.4. The van der Waals surface area contributed by atoms with E-state index in [1.54, 1.807) is 20.8 Å². The smallest absolute Gasteiger partial charge is 0.315 e. The van der Waals surface area contributed by atoms with Crippen LogP contribution in [0.1, 0.15) is 91.9 Å². The summed E-state index contributed by atoms with van der Waals surface area (Å²) in [4.78, 5) is 68.9. The standard InChI is InChI=1S/C33H51Cl2N5O7S/c1-6-8-13-21(25(41)28(43)36-17-7-2)37-27(42)24-23-20(33(23,34)35)19-40(24)29(44)26(31(3,4)5)38-30(45)39-32(15-10-9-11-16-32)22-14-12-18-48(22,46)47/h7,20-24,26H,2,6,8-19H2,1,3-5H3,(H,36,43)(H,37,42)(H2,38,39,45)/t20-,21-,22-,23-,24-,26+/m0/s1. The van der Waals surface area contributed by atoms with E-state index < -0.39 is 89.9 Å². The van der Waals surface area contributed by atoms with Crippen molar-refractivity contribution in [3.05, 3.63) is 12.7 Å². The molecular formula is C33H51Cl2N5O7S. The quantitative estimate of drug-likeness (QED) is 0.128. The molecule has 5 amide bonds. The monoisotopic (exact) mass is 731 g/mol. The number of ketones is 1. The van der Waals surface area contributed by atoms with Crippen LogP contribution in [0.25, 0.3) is 0 Å². The van der Waals surface area contributed by atoms with Gasteiger partial charge in [-0.2, -0.15) is 0 Å². The van der Waals surface area contributed by atoms with Crippen LogP contribution in [0.15, 0.2) is 12.7 Å². The van der Waals surface area contributed by atoms with Crippen LogP contribution in [-0.4, -0.2) is 94.9 Å². The summed E-state index contributed by atoms with van der Waals surface area (Å²) in [7, 11) is -3.38. The first-order valence-electron chi connectivity index (χ1n) is 17.1. The zero-order chi connectivity index (χ0) is 35.7. The van der Waals surface area contributed by atoms with Crippen molar-refractivity contribution in [2.45, 2.75) is 125 Å². The van der Waals surface area contributed by atoms with E-state index in [2.05, 4.69) is 27.8 Å². The number of sulfone groups is 1. The maximum atomic E-state index is 14.4. The van der Waals surface area contributed by atoms with Crippen LogP contribution in [0, 0.1) is 17.3 Å². The highest BCUT2D eigenvalue weighted by Gasteiger charge is 2.74. The Hall–Kier alpha value is -2.38. The van der Waals surface area contributed by atoms with E-state index >= 15 is 0 Å². The number of nitrogens with zero attached hydrogens (tertiary/aromatic N) is 1. The van der Waals surface area contributed by atoms with E-state index in [0.29, 0.717) is 38.5 Å². The van der Waals surface area contributed by atoms with E-state index in [1.807, 2.05) is 6.92 Å². The Bertz CT molecular complexity index is 1390. The van der Waals surface area contributed by atoms with Crippen molar-refractivity contribution in [2.24, 2.45) is 17.3 Å². The van der Waals surface area contributed by atoms with Gasteiger partial charge in [-0.3, -0.25) is 19.2 Å². The lowest BCUT2D eigenvalue weighted by Gasteiger charge is -2.43. The number of piperidine rings is 1. The molecule has 6 atom stereocenters. The average Bonchev–Trinajstić information content (AvgIpc) is 3.33. The predicted molar refractivity (Wildman–Crippen MR) is 184 cm³/mol. The first-order valence-corrected chi connectivity index (χ1v) is 19.6. The minimum atomic E-state index is -3.38. The predicted octanol–water partition coefficient (Wildman–Crippen LogP) is 3.16. The first-order chi connectivity index (χ1) is 22.4. The zero-order valence-corrected chi connectivity index (χ0v) is 30.7. The molecule has 2 heterocycles. The third-order valence-corrected chi connectivity index (χ3v) is 13.9. The van der Waals surface area contributed by atoms with Crippen molar-refractivity contribution in [3.63, 3.8) is 0 Å². The number of halogens is 2. The van der Waals surface area contributed by atoms with Crippen LogP contribution in [0.3, 0.4) is 0 Å². The molecule has 4 aliphatic rings. The molecule has 2 saturated heterocycles. The Morgan fingerprint density at radius 1 is 1.04 bits per heavy atom. The van der Waals surface area contributed by atoms with Crippen LogP contribution in [0.2, 0.25) is 0 Å². The van der Waals surface area contributed by atoms with E-state index in [0.717, 1.165) is 19.3 Å². The number of hydrogen-bond acceptors (Lipinski definition) is 7. The summed E-state index contributed by atoms with van der Waals surface area (Å²) in [6.45, 7) is 10.9. The molecule has 0 unspecified atom stereocenters. The molecule has 48 heavy (non-hydrogen) atoms. The second-order valence-corrected chi connectivity index (χ2v) is 18.7. The molecule has 15 heteroatoms. The topological polar surface area (TPSA) is 171 Å². The summed E-state index contributed by atoms with van der Waals surface area (Å²) < 4.78 is 24.8. The van der Waals surface area contributed by atoms with Crippen molar-refractivity contribution in [1.29, 1.82) is 0 Å². The summed E-state index contributed by atoms with van der Waals surface area (Å²) in [5.74, 6) is -3.78. The molecule has 2 aliphatic carbocycles. The van der Waals surface area contributed by atoms with Crippen molar-refractivity contribution in [1.82, 2.24) is 26.2 Å². The third kappa shape index (κ3) is 7.98. The molecule has 0 aromatic rings. The van der Waals surface area contributed by atoms with Gasteiger partial charge in [0.1, 0.15) is 16.4 Å². The van der Waals surface area contributed by atoms with Gasteiger partial charge in [0.25, 0.3) is 5.91 Å². The fourth-order valence-electron chi connectivity index (χ4n) is 7.81. The van der Waals surface area contributed by atoms with Gasteiger partial charge >= 0.3 is 6.03 Å². The number of rotatable bonds is 13. The summed E-state index contributed by atoms with van der Waals surface area (Å²) in [5, 5.41) is 10.3. The van der Waals surface area contributed by atoms with E-state index in [1.165, 1.54) is 11.0 Å². The first kappa shape index (κ1) is 38.4. The molecule has 2 saturated carbocycles. The number of Topliss-reactive ketones (excluding diaryl/α,β-unsaturated/α-hetero) is 1. The number of nitrogens with one attached hydrogen (secondary N) is 4. The number of alkyl halides is 2. The van der Waals surface area contributed by atoms with Crippen molar-refractivity contribution in [2.75, 3.05) is 18.8 Å². The minimum absolute atomic E-state index is 0.0577. The molecule has 270 valence electrons. The van der Waals surface area contributed by atoms with Gasteiger partial charge in [0.2, 0.25) is 17.6 Å². The van der Waals surface area contributed by atoms with Crippen molar-refractivity contribution < 1.29 is 32.4 Å². The number of amides is 5. The molecule has 0 aromatic carbocycles. The second-order valence-electron chi connectivity index (χ2n) is 14.9. The molecule has 0 radical (unpaired) electrons. The Morgan fingerprint density at radius 3 is 2.27 bits per heavy atom. The Kier molecular flexibility index (Phi) is 11.9. The number of hydrogen-bond donors (Lipinski definition) is 4. The Balaban J connectivity index is 1.55. The van der Waals surface area contributed by atoms with Gasteiger partial charge in [0, 0.05) is 24.9 Å². The van der Waals surface area contributed by atoms with Gasteiger partial charge in [0.05, 0.1) is 22.6 Å². The van der Waals surface area contributed by atoms with E-state index in [4.69, 9.17) is 23.2 Å². The molecule has 4 rings (SSSR count). The van der Waals surface area contributed by atoms with E-state index in [9.17, 15) is 32.4 Å². The summed E-state index contributed by atoms with van der Waals surface area (Å²) in [5.41, 5.74) is -1.74. The summed E-state index contributed by atoms with van der Waals surface area (Å²) in [6.07, 6.45) is 7.57. The van der Waals surface area contributed by atoms with Gasteiger partial charge in [-0.15, -0.1) is 29.8 Å². The van der Waals surface area contributed by atoms with Gasteiger partial charge < -0.3 is 26.2 Å². The SMILES string of the molecule is C=CCNC(=O)C(=O)[C@H](CCCC)NC(=O)[C@@H]1[C@@H]2[C@H](CN1C(=O)[C@@H](NC(=O)NC1([C@@H]3CCCS3(=O)=O)CCCCC1)C(C)(C)C)C2(Cl)Cl. The van der Waals surface area contributed by atoms with Crippen LogP contribution < -0.4 is 21.3 Å². The zero-order valence-electron chi connectivity index (χ0n) is 28.4. The van der Waals surface area contributed by atoms with Crippen LogP contribution in [0.4, 0.5) is 4.79 Å². The number of carbonyl (C=O) groups is 5. The lowest BCUT2D eigenvalue weighted by Crippen LogP contribution is -2.65. The van der Waals surface area contributed by atoms with E-state index in [-0.39, 0.29) is 25.3 Å². The Labute approximate surface area is 294 Å². The minimum Gasteiger partial charge on any atom is -0.346 e.